The van der Waals surface area contributed by atoms with Gasteiger partial charge in [-0.3, -0.25) is 4.79 Å². The van der Waals surface area contributed by atoms with Gasteiger partial charge in [0.05, 0.1) is 6.54 Å². The van der Waals surface area contributed by atoms with Gasteiger partial charge in [-0.1, -0.05) is 18.2 Å². The highest BCUT2D eigenvalue weighted by molar-refractivity contribution is 5.77. The molecule has 0 saturated heterocycles. The van der Waals surface area contributed by atoms with Crippen molar-refractivity contribution < 1.29 is 9.18 Å². The molecule has 0 aliphatic carbocycles. The Morgan fingerprint density at radius 3 is 2.71 bits per heavy atom. The molecular weight excluding hydrogens is 183 g/mol. The van der Waals surface area contributed by atoms with Crippen LogP contribution in [0.5, 0.6) is 0 Å². The summed E-state index contributed by atoms with van der Waals surface area (Å²) in [6, 6.07) is 6.37. The van der Waals surface area contributed by atoms with Crippen molar-refractivity contribution in [2.45, 2.75) is 6.54 Å². The Labute approximate surface area is 82.3 Å². The van der Waals surface area contributed by atoms with Crippen molar-refractivity contribution in [2.24, 2.45) is 5.73 Å². The Hall–Kier alpha value is -1.42. The lowest BCUT2D eigenvalue weighted by Crippen LogP contribution is -2.32. The van der Waals surface area contributed by atoms with Crippen molar-refractivity contribution in [1.29, 1.82) is 0 Å². The Morgan fingerprint density at radius 2 is 2.14 bits per heavy atom. The Morgan fingerprint density at radius 1 is 1.50 bits per heavy atom. The van der Waals surface area contributed by atoms with Gasteiger partial charge in [0.25, 0.3) is 0 Å². The number of nitrogens with zero attached hydrogens (tertiary/aromatic N) is 1. The predicted molar refractivity (Wildman–Crippen MR) is 51.9 cm³/mol. The van der Waals surface area contributed by atoms with Gasteiger partial charge in [0.15, 0.2) is 0 Å². The lowest BCUT2D eigenvalue weighted by atomic mass is 10.2. The third-order valence-electron chi connectivity index (χ3n) is 1.97. The van der Waals surface area contributed by atoms with E-state index in [1.54, 1.807) is 25.2 Å². The van der Waals surface area contributed by atoms with Gasteiger partial charge in [-0.25, -0.2) is 4.39 Å². The van der Waals surface area contributed by atoms with Crippen molar-refractivity contribution in [3.8, 4) is 0 Å². The summed E-state index contributed by atoms with van der Waals surface area (Å²) in [6.45, 7) is 0.202. The first kappa shape index (κ1) is 10.7. The number of likely N-dealkylation sites (N-methyl/N-ethyl adjacent to an activating group) is 1. The molecular formula is C10H13FN2O. The molecule has 0 spiro atoms. The van der Waals surface area contributed by atoms with E-state index in [2.05, 4.69) is 0 Å². The van der Waals surface area contributed by atoms with Crippen LogP contribution in [-0.4, -0.2) is 24.4 Å². The molecule has 0 aliphatic heterocycles. The summed E-state index contributed by atoms with van der Waals surface area (Å²) >= 11 is 0. The first-order valence-electron chi connectivity index (χ1n) is 4.32. The fourth-order valence-corrected chi connectivity index (χ4v) is 1.13. The molecule has 1 aromatic rings. The summed E-state index contributed by atoms with van der Waals surface area (Å²) in [5.74, 6) is -0.502. The van der Waals surface area contributed by atoms with Gasteiger partial charge in [0.2, 0.25) is 5.91 Å². The number of nitrogens with two attached hydrogens (primary N) is 1. The summed E-state index contributed by atoms with van der Waals surface area (Å²) in [6.07, 6.45) is 0. The number of carbonyl (C=O) groups is 1. The van der Waals surface area contributed by atoms with E-state index in [-0.39, 0.29) is 24.8 Å². The number of halogens is 1. The number of hydrogen-bond donors (Lipinski definition) is 1. The topological polar surface area (TPSA) is 46.3 Å². The Balaban J connectivity index is 2.69. The minimum Gasteiger partial charge on any atom is -0.340 e. The van der Waals surface area contributed by atoms with Crippen LogP contribution in [0.4, 0.5) is 4.39 Å². The second-order valence-electron chi connectivity index (χ2n) is 3.05. The summed E-state index contributed by atoms with van der Waals surface area (Å²) in [4.78, 5) is 12.5. The maximum Gasteiger partial charge on any atom is 0.236 e. The molecule has 76 valence electrons. The second kappa shape index (κ2) is 4.72. The quantitative estimate of drug-likeness (QED) is 0.775. The molecule has 0 heterocycles. The zero-order valence-electron chi connectivity index (χ0n) is 8.03. The van der Waals surface area contributed by atoms with E-state index in [4.69, 9.17) is 5.73 Å². The van der Waals surface area contributed by atoms with Crippen molar-refractivity contribution in [2.75, 3.05) is 13.6 Å². The van der Waals surface area contributed by atoms with E-state index in [0.717, 1.165) is 0 Å². The van der Waals surface area contributed by atoms with Gasteiger partial charge in [-0.2, -0.15) is 0 Å². The molecule has 4 heteroatoms. The molecule has 0 bridgehead atoms. The largest absolute Gasteiger partial charge is 0.340 e. The summed E-state index contributed by atoms with van der Waals surface area (Å²) < 4.78 is 13.1. The monoisotopic (exact) mass is 196 g/mol. The number of benzene rings is 1. The highest BCUT2D eigenvalue weighted by Crippen LogP contribution is 2.08. The molecule has 0 aliphatic rings. The predicted octanol–water partition coefficient (Wildman–Crippen LogP) is 0.743. The second-order valence-corrected chi connectivity index (χ2v) is 3.05. The van der Waals surface area contributed by atoms with Gasteiger partial charge in [-0.05, 0) is 6.07 Å². The van der Waals surface area contributed by atoms with Crippen molar-refractivity contribution >= 4 is 5.91 Å². The van der Waals surface area contributed by atoms with Gasteiger partial charge >= 0.3 is 0 Å². The molecule has 0 aromatic heterocycles. The van der Waals surface area contributed by atoms with Crippen LogP contribution in [0.15, 0.2) is 24.3 Å². The van der Waals surface area contributed by atoms with E-state index in [1.165, 1.54) is 11.0 Å². The Kier molecular flexibility index (Phi) is 3.59. The molecule has 14 heavy (non-hydrogen) atoms. The van der Waals surface area contributed by atoms with Crippen molar-refractivity contribution in [3.05, 3.63) is 35.6 Å². The molecule has 0 fully saturated rings. The van der Waals surface area contributed by atoms with Crippen LogP contribution in [0.1, 0.15) is 5.56 Å². The standard InChI is InChI=1S/C10H13FN2O/c1-13(10(14)6-12)7-8-4-2-3-5-9(8)11/h2-5H,6-7,12H2,1H3. The van der Waals surface area contributed by atoms with Gasteiger partial charge in [0, 0.05) is 19.2 Å². The van der Waals surface area contributed by atoms with Crippen molar-refractivity contribution in [1.82, 2.24) is 4.90 Å². The van der Waals surface area contributed by atoms with Gasteiger partial charge in [0.1, 0.15) is 5.82 Å². The number of amides is 1. The maximum atomic E-state index is 13.1. The van der Waals surface area contributed by atoms with Crippen LogP contribution in [0.3, 0.4) is 0 Å². The molecule has 0 atom stereocenters. The summed E-state index contributed by atoms with van der Waals surface area (Å²) in [7, 11) is 1.60. The van der Waals surface area contributed by atoms with Crippen LogP contribution in [0.2, 0.25) is 0 Å². The third-order valence-corrected chi connectivity index (χ3v) is 1.97. The van der Waals surface area contributed by atoms with Crippen LogP contribution >= 0.6 is 0 Å². The van der Waals surface area contributed by atoms with Crippen molar-refractivity contribution in [3.63, 3.8) is 0 Å². The first-order chi connectivity index (χ1) is 6.65. The molecule has 0 radical (unpaired) electrons. The zero-order chi connectivity index (χ0) is 10.6. The highest BCUT2D eigenvalue weighted by Gasteiger charge is 2.08. The summed E-state index contributed by atoms with van der Waals surface area (Å²) in [5.41, 5.74) is 5.68. The van der Waals surface area contributed by atoms with Crippen LogP contribution < -0.4 is 5.73 Å². The number of hydrogen-bond acceptors (Lipinski definition) is 2. The lowest BCUT2D eigenvalue weighted by molar-refractivity contribution is -0.128. The van der Waals surface area contributed by atoms with Gasteiger partial charge in [-0.15, -0.1) is 0 Å². The molecule has 2 N–H and O–H groups in total. The zero-order valence-corrected chi connectivity index (χ0v) is 8.03. The van der Waals surface area contributed by atoms with E-state index in [0.29, 0.717) is 5.56 Å². The van der Waals surface area contributed by atoms with Gasteiger partial charge < -0.3 is 10.6 Å². The minimum atomic E-state index is -0.302. The smallest absolute Gasteiger partial charge is 0.236 e. The van der Waals surface area contributed by atoms with E-state index >= 15 is 0 Å². The summed E-state index contributed by atoms with van der Waals surface area (Å²) in [5, 5.41) is 0. The minimum absolute atomic E-state index is 0.0506. The molecule has 3 nitrogen and oxygen atoms in total. The molecule has 1 aromatic carbocycles. The molecule has 1 rings (SSSR count). The number of rotatable bonds is 3. The normalized spacial score (nSPS) is 9.93. The van der Waals surface area contributed by atoms with E-state index < -0.39 is 0 Å². The van der Waals surface area contributed by atoms with E-state index in [9.17, 15) is 9.18 Å². The van der Waals surface area contributed by atoms with Crippen LogP contribution in [0.25, 0.3) is 0 Å². The average Bonchev–Trinajstić information content (AvgIpc) is 2.20. The maximum absolute atomic E-state index is 13.1. The van der Waals surface area contributed by atoms with Crippen LogP contribution in [0, 0.1) is 5.82 Å². The molecule has 1 amide bonds. The lowest BCUT2D eigenvalue weighted by Gasteiger charge is -2.16. The first-order valence-corrected chi connectivity index (χ1v) is 4.32. The third kappa shape index (κ3) is 2.53. The fourth-order valence-electron chi connectivity index (χ4n) is 1.13. The number of carbonyl (C=O) groups excluding carboxylic acids is 1. The average molecular weight is 196 g/mol. The fraction of sp³-hybridized carbons (Fsp3) is 0.300. The SMILES string of the molecule is CN(Cc1ccccc1F)C(=O)CN. The Bertz CT molecular complexity index is 328. The highest BCUT2D eigenvalue weighted by atomic mass is 19.1. The molecule has 0 unspecified atom stereocenters. The van der Waals surface area contributed by atoms with Crippen LogP contribution in [-0.2, 0) is 11.3 Å². The van der Waals surface area contributed by atoms with E-state index in [1.807, 2.05) is 0 Å². The molecule has 0 saturated carbocycles.